The van der Waals surface area contributed by atoms with Crippen LogP contribution in [0.15, 0.2) is 36.5 Å². The fraction of sp³-hybridized carbons (Fsp3) is 0.769. The second-order valence-electron chi connectivity index (χ2n) is 21.0. The topological polar surface area (TPSA) is 182 Å². The highest BCUT2D eigenvalue weighted by Gasteiger charge is 2.62. The zero-order chi connectivity index (χ0) is 50.0. The van der Waals surface area contributed by atoms with Crippen LogP contribution in [0.3, 0.4) is 0 Å². The zero-order valence-electron chi connectivity index (χ0n) is 42.8. The number of ketones is 1. The number of pyridine rings is 1. The third-order valence-corrected chi connectivity index (χ3v) is 17.2. The maximum atomic E-state index is 15.1. The Morgan fingerprint density at radius 3 is 2.26 bits per heavy atom. The number of aromatic nitrogens is 1. The number of aryl methyl sites for hydroxylation is 1. The van der Waals surface area contributed by atoms with Crippen LogP contribution < -0.4 is 0 Å². The van der Waals surface area contributed by atoms with E-state index in [1.54, 1.807) is 41.0 Å². The highest BCUT2D eigenvalue weighted by molar-refractivity contribution is 8.00. The molecule has 4 fully saturated rings. The molecule has 0 bridgehead atoms. The van der Waals surface area contributed by atoms with Gasteiger partial charge in [-0.15, -0.1) is 11.8 Å². The molecule has 1 aromatic carbocycles. The number of ether oxygens (including phenoxy) is 8. The van der Waals surface area contributed by atoms with Crippen molar-refractivity contribution in [3.8, 4) is 0 Å². The first kappa shape index (κ1) is 54.6. The van der Waals surface area contributed by atoms with E-state index in [2.05, 4.69) is 17.1 Å². The molecule has 6 rings (SSSR count). The van der Waals surface area contributed by atoms with Gasteiger partial charge < -0.3 is 53.0 Å². The van der Waals surface area contributed by atoms with Crippen molar-refractivity contribution in [3.05, 3.63) is 42.1 Å². The van der Waals surface area contributed by atoms with Gasteiger partial charge in [-0.2, -0.15) is 0 Å². The van der Waals surface area contributed by atoms with Crippen molar-refractivity contribution in [1.29, 1.82) is 0 Å². The van der Waals surface area contributed by atoms with Crippen molar-refractivity contribution >= 4 is 40.4 Å². The van der Waals surface area contributed by atoms with Crippen molar-refractivity contribution in [2.24, 2.45) is 29.6 Å². The van der Waals surface area contributed by atoms with Crippen LogP contribution in [0, 0.1) is 29.6 Å². The summed E-state index contributed by atoms with van der Waals surface area (Å²) < 4.78 is 51.8. The molecular weight excluding hydrogens is 893 g/mol. The van der Waals surface area contributed by atoms with Gasteiger partial charge in [0, 0.05) is 61.9 Å². The molecule has 4 saturated heterocycles. The van der Waals surface area contributed by atoms with Crippen LogP contribution in [-0.4, -0.2) is 155 Å². The highest BCUT2D eigenvalue weighted by atomic mass is 32.2. The molecule has 68 heavy (non-hydrogen) atoms. The van der Waals surface area contributed by atoms with E-state index in [1.807, 2.05) is 78.7 Å². The average molecular weight is 973 g/mol. The molecule has 19 atom stereocenters. The number of aliphatic hydroxyl groups is 2. The minimum Gasteiger partial charge on any atom is -0.458 e. The van der Waals surface area contributed by atoms with Gasteiger partial charge in [0.15, 0.2) is 18.2 Å². The summed E-state index contributed by atoms with van der Waals surface area (Å²) in [6.07, 6.45) is -3.39. The summed E-state index contributed by atoms with van der Waals surface area (Å²) in [6, 6.07) is 9.92. The van der Waals surface area contributed by atoms with E-state index >= 15 is 4.79 Å². The number of hydrogen-bond acceptors (Lipinski definition) is 16. The Balaban J connectivity index is 1.38. The lowest BCUT2D eigenvalue weighted by atomic mass is 9.70. The molecule has 4 aliphatic rings. The van der Waals surface area contributed by atoms with E-state index in [0.717, 1.165) is 23.7 Å². The van der Waals surface area contributed by atoms with Gasteiger partial charge in [0.2, 0.25) is 0 Å². The lowest BCUT2D eigenvalue weighted by Crippen LogP contribution is -2.61. The van der Waals surface area contributed by atoms with Crippen LogP contribution >= 0.6 is 11.8 Å². The molecule has 0 aliphatic carbocycles. The summed E-state index contributed by atoms with van der Waals surface area (Å²) in [7, 11) is 6.89. The number of benzene rings is 1. The molecule has 15 nitrogen and oxygen atoms in total. The molecule has 1 aromatic heterocycles. The molecule has 2 aromatic rings. The maximum absolute atomic E-state index is 15.1. The second-order valence-corrected chi connectivity index (χ2v) is 22.3. The summed E-state index contributed by atoms with van der Waals surface area (Å²) in [5.74, 6) is -4.19. The molecule has 4 aliphatic heterocycles. The number of Topliss-reactive ketones (excluding diaryl/α,β-unsaturated/α-hetero) is 1. The van der Waals surface area contributed by atoms with Crippen LogP contribution in [0.2, 0.25) is 0 Å². The van der Waals surface area contributed by atoms with Gasteiger partial charge in [-0.05, 0) is 117 Å². The predicted molar refractivity (Wildman–Crippen MR) is 259 cm³/mol. The first-order valence-corrected chi connectivity index (χ1v) is 25.7. The predicted octanol–water partition coefficient (Wildman–Crippen LogP) is 6.54. The largest absolute Gasteiger partial charge is 0.458 e. The van der Waals surface area contributed by atoms with Gasteiger partial charge in [-0.25, -0.2) is 0 Å². The van der Waals surface area contributed by atoms with Gasteiger partial charge in [0.1, 0.15) is 29.3 Å². The maximum Gasteiger partial charge on any atom is 0.320 e. The number of methoxy groups -OCH3 is 2. The summed E-state index contributed by atoms with van der Waals surface area (Å²) in [5, 5.41) is 23.3. The van der Waals surface area contributed by atoms with Gasteiger partial charge in [0.05, 0.1) is 47.1 Å². The Bertz CT molecular complexity index is 2040. The number of carbonyl (C=O) groups is 3. The van der Waals surface area contributed by atoms with E-state index in [-0.39, 0.29) is 30.8 Å². The number of aliphatic hydroxyl groups excluding tert-OH is 2. The molecule has 2 N–H and O–H groups in total. The van der Waals surface area contributed by atoms with Gasteiger partial charge in [0.25, 0.3) is 0 Å². The molecule has 382 valence electrons. The Hall–Kier alpha value is -2.77. The summed E-state index contributed by atoms with van der Waals surface area (Å²) in [4.78, 5) is 50.7. The van der Waals surface area contributed by atoms with Gasteiger partial charge in [-0.1, -0.05) is 39.8 Å². The lowest BCUT2D eigenvalue weighted by Gasteiger charge is -2.50. The molecule has 16 heteroatoms. The van der Waals surface area contributed by atoms with E-state index in [0.29, 0.717) is 18.6 Å². The molecule has 0 spiro atoms. The second kappa shape index (κ2) is 22.3. The molecule has 0 radical (unpaired) electrons. The Morgan fingerprint density at radius 2 is 1.60 bits per heavy atom. The average Bonchev–Trinajstić information content (AvgIpc) is 3.57. The van der Waals surface area contributed by atoms with Crippen molar-refractivity contribution in [1.82, 2.24) is 9.88 Å². The number of cyclic esters (lactones) is 1. The van der Waals surface area contributed by atoms with Crippen molar-refractivity contribution in [2.45, 2.75) is 191 Å². The number of rotatable bonds is 13. The first-order valence-electron chi connectivity index (χ1n) is 24.7. The fourth-order valence-corrected chi connectivity index (χ4v) is 13.1. The third-order valence-electron chi connectivity index (χ3n) is 15.8. The number of fused-ring (bicyclic) bond motifs is 2. The minimum atomic E-state index is -1.35. The van der Waals surface area contributed by atoms with Gasteiger partial charge >= 0.3 is 11.9 Å². The zero-order valence-corrected chi connectivity index (χ0v) is 43.7. The SMILES string of the molecule is CC[C@H]1OC(=O)[C@H](C)[C@@H](O[C@H]2C[C@@](C)(OC)[C@@H](O)[C@@H](C)O2)[C@H](C)[C@@H](O[C@@H]2O[C@H](C)C[C@H](N(C)C)[C@H]2O)[C@](C)(OC)C[C@@H](C)C(=O)[C@H](C)C2C(SCCCc3ccc4ncccc4c3)C(=O)O[C@@]21C. The number of likely N-dealkylation sites (N-methyl/N-ethyl adjacent to an activating group) is 1. The van der Waals surface area contributed by atoms with E-state index in [1.165, 1.54) is 24.4 Å². The first-order chi connectivity index (χ1) is 32.0. The van der Waals surface area contributed by atoms with Crippen LogP contribution in [0.4, 0.5) is 0 Å². The van der Waals surface area contributed by atoms with E-state index < -0.39 is 113 Å². The van der Waals surface area contributed by atoms with Crippen LogP contribution in [0.25, 0.3) is 10.9 Å². The normalized spacial score (nSPS) is 42.1. The van der Waals surface area contributed by atoms with E-state index in [9.17, 15) is 19.8 Å². The highest BCUT2D eigenvalue weighted by Crippen LogP contribution is 2.49. The van der Waals surface area contributed by atoms with Gasteiger partial charge in [-0.3, -0.25) is 19.4 Å². The van der Waals surface area contributed by atoms with Crippen molar-refractivity contribution in [2.75, 3.05) is 34.1 Å². The monoisotopic (exact) mass is 973 g/mol. The molecule has 0 saturated carbocycles. The summed E-state index contributed by atoms with van der Waals surface area (Å²) in [6.45, 7) is 18.4. The van der Waals surface area contributed by atoms with Crippen molar-refractivity contribution < 1.29 is 62.5 Å². The number of nitrogens with zero attached hydrogens (tertiary/aromatic N) is 2. The minimum absolute atomic E-state index is 0.0961. The van der Waals surface area contributed by atoms with Crippen molar-refractivity contribution in [3.63, 3.8) is 0 Å². The number of hydrogen-bond donors (Lipinski definition) is 2. The molecular formula is C52H80N2O13S. The van der Waals surface area contributed by atoms with Crippen LogP contribution in [0.1, 0.15) is 107 Å². The Labute approximate surface area is 408 Å². The molecule has 5 heterocycles. The fourth-order valence-electron chi connectivity index (χ4n) is 11.7. The third kappa shape index (κ3) is 11.3. The number of thioether (sulfide) groups is 1. The lowest BCUT2D eigenvalue weighted by molar-refractivity contribution is -0.319. The number of esters is 2. The summed E-state index contributed by atoms with van der Waals surface area (Å²) in [5.41, 5.74) is -1.54. The van der Waals surface area contributed by atoms with E-state index in [4.69, 9.17) is 37.9 Å². The number of carbonyl (C=O) groups excluding carboxylic acids is 3. The Morgan fingerprint density at radius 1 is 0.897 bits per heavy atom. The molecule has 0 amide bonds. The standard InChI is InChI=1S/C52H80N2O13S/c1-15-38-52(10)40(44(48(59)67-52)68-23-17-18-34-20-21-36-35(25-34)19-16-22-53-36)30(4)41(55)28(2)26-51(9,61-14)46(66-49-42(56)37(54(11)12)24-29(3)62-49)31(5)43(32(6)47(58)64-38)65-39-27-50(8,60-13)45(57)33(7)63-39/h16,19-22,25,28-33,37-40,42-46,49,56-57H,15,17-18,23-24,26-27H2,1-14H3/t28-,29-,30-,31+,32-,33-,37+,38-,39+,40?,42-,43+,44?,45+,46-,49+,50-,51-,52-/m1/s1. The smallest absolute Gasteiger partial charge is 0.320 e. The van der Waals surface area contributed by atoms with Crippen LogP contribution in [0.5, 0.6) is 0 Å². The van der Waals surface area contributed by atoms with Crippen LogP contribution in [-0.2, 0) is 58.7 Å². The summed E-state index contributed by atoms with van der Waals surface area (Å²) >= 11 is 1.49. The molecule has 2 unspecified atom stereocenters. The Kier molecular flexibility index (Phi) is 17.9. The quantitative estimate of drug-likeness (QED) is 0.163.